The van der Waals surface area contributed by atoms with Crippen molar-refractivity contribution in [3.8, 4) is 0 Å². The molecule has 0 radical (unpaired) electrons. The molecule has 0 spiro atoms. The van der Waals surface area contributed by atoms with Crippen LogP contribution < -0.4 is 5.73 Å². The molecule has 0 aromatic heterocycles. The Hall–Kier alpha value is -1.06. The third-order valence-electron chi connectivity index (χ3n) is 3.63. The van der Waals surface area contributed by atoms with E-state index >= 15 is 0 Å². The fourth-order valence-electron chi connectivity index (χ4n) is 2.44. The quantitative estimate of drug-likeness (QED) is 0.895. The second kappa shape index (κ2) is 5.72. The van der Waals surface area contributed by atoms with Crippen molar-refractivity contribution in [1.82, 2.24) is 4.90 Å². The molecule has 1 aromatic rings. The van der Waals surface area contributed by atoms with Crippen LogP contribution in [0.3, 0.4) is 0 Å². The lowest BCUT2D eigenvalue weighted by atomic mass is 9.91. The zero-order valence-electron chi connectivity index (χ0n) is 10.9. The van der Waals surface area contributed by atoms with Gasteiger partial charge in [-0.25, -0.2) is 0 Å². The molecule has 100 valence electrons. The van der Waals surface area contributed by atoms with Gasteiger partial charge in [-0.3, -0.25) is 4.79 Å². The summed E-state index contributed by atoms with van der Waals surface area (Å²) in [6.45, 7) is 4.72. The molecule has 2 atom stereocenters. The lowest BCUT2D eigenvalue weighted by Crippen LogP contribution is -2.51. The molecule has 0 bridgehead atoms. The highest BCUT2D eigenvalue weighted by Gasteiger charge is 2.37. The fourth-order valence-corrected chi connectivity index (χ4v) is 2.44. The Kier molecular flexibility index (Phi) is 4.77. The van der Waals surface area contributed by atoms with E-state index in [1.54, 1.807) is 6.92 Å². The van der Waals surface area contributed by atoms with Gasteiger partial charge < -0.3 is 10.6 Å². The molecular weight excluding hydrogens is 248 g/mol. The van der Waals surface area contributed by atoms with Gasteiger partial charge in [-0.05, 0) is 32.3 Å². The number of rotatable bonds is 2. The van der Waals surface area contributed by atoms with E-state index in [-0.39, 0.29) is 18.3 Å². The van der Waals surface area contributed by atoms with E-state index in [4.69, 9.17) is 5.73 Å². The molecule has 1 heterocycles. The predicted molar refractivity (Wildman–Crippen MR) is 75.6 cm³/mol. The van der Waals surface area contributed by atoms with Crippen molar-refractivity contribution in [3.63, 3.8) is 0 Å². The summed E-state index contributed by atoms with van der Waals surface area (Å²) in [5, 5.41) is 0. The summed E-state index contributed by atoms with van der Waals surface area (Å²) < 4.78 is 0. The molecule has 1 aromatic carbocycles. The topological polar surface area (TPSA) is 46.3 Å². The van der Waals surface area contributed by atoms with Gasteiger partial charge in [0.2, 0.25) is 5.91 Å². The first kappa shape index (κ1) is 15.0. The van der Waals surface area contributed by atoms with Crippen molar-refractivity contribution in [2.24, 2.45) is 5.73 Å². The Balaban J connectivity index is 0.00000162. The molecule has 2 unspecified atom stereocenters. The molecule has 1 saturated heterocycles. The number of likely N-dealkylation sites (tertiary alicyclic amines) is 1. The second-order valence-electron chi connectivity index (χ2n) is 5.06. The Morgan fingerprint density at radius 1 is 1.39 bits per heavy atom. The first-order chi connectivity index (χ1) is 8.03. The summed E-state index contributed by atoms with van der Waals surface area (Å²) in [5.74, 6) is 0.0358. The van der Waals surface area contributed by atoms with Gasteiger partial charge in [-0.1, -0.05) is 30.3 Å². The number of nitrogens with two attached hydrogens (primary N) is 1. The molecular formula is C14H21ClN2O. The maximum absolute atomic E-state index is 12.5. The van der Waals surface area contributed by atoms with Crippen LogP contribution in [0.4, 0.5) is 0 Å². The lowest BCUT2D eigenvalue weighted by Gasteiger charge is -2.32. The van der Waals surface area contributed by atoms with Crippen LogP contribution in [0.5, 0.6) is 0 Å². The Bertz CT molecular complexity index is 406. The number of carbonyl (C=O) groups excluding carboxylic acids is 1. The largest absolute Gasteiger partial charge is 0.338 e. The normalized spacial score (nSPS) is 22.2. The Morgan fingerprint density at radius 2 is 2.00 bits per heavy atom. The van der Waals surface area contributed by atoms with Crippen LogP contribution in [0.1, 0.15) is 32.3 Å². The molecule has 2 N–H and O–H groups in total. The zero-order valence-corrected chi connectivity index (χ0v) is 11.7. The number of benzene rings is 1. The molecule has 0 aliphatic carbocycles. The highest BCUT2D eigenvalue weighted by molar-refractivity contribution is 5.87. The third-order valence-corrected chi connectivity index (χ3v) is 3.63. The summed E-state index contributed by atoms with van der Waals surface area (Å²) >= 11 is 0. The van der Waals surface area contributed by atoms with Gasteiger partial charge in [0.15, 0.2) is 0 Å². The van der Waals surface area contributed by atoms with Crippen molar-refractivity contribution >= 4 is 18.3 Å². The molecule has 1 fully saturated rings. The highest BCUT2D eigenvalue weighted by Crippen LogP contribution is 2.25. The van der Waals surface area contributed by atoms with E-state index in [1.807, 2.05) is 35.2 Å². The van der Waals surface area contributed by atoms with E-state index in [0.29, 0.717) is 6.04 Å². The van der Waals surface area contributed by atoms with Crippen LogP contribution in [0.2, 0.25) is 0 Å². The molecule has 1 amide bonds. The molecule has 0 saturated carbocycles. The van der Waals surface area contributed by atoms with Crippen molar-refractivity contribution in [2.45, 2.75) is 38.3 Å². The van der Waals surface area contributed by atoms with Crippen molar-refractivity contribution in [1.29, 1.82) is 0 Å². The maximum Gasteiger partial charge on any atom is 0.247 e. The second-order valence-corrected chi connectivity index (χ2v) is 5.06. The monoisotopic (exact) mass is 268 g/mol. The number of hydrogen-bond donors (Lipinski definition) is 1. The first-order valence-electron chi connectivity index (χ1n) is 6.19. The minimum Gasteiger partial charge on any atom is -0.338 e. The van der Waals surface area contributed by atoms with Gasteiger partial charge in [0, 0.05) is 12.6 Å². The average Bonchev–Trinajstić information content (AvgIpc) is 2.75. The van der Waals surface area contributed by atoms with Crippen LogP contribution in [0.25, 0.3) is 0 Å². The molecule has 1 aliphatic rings. The molecule has 4 heteroatoms. The molecule has 1 aliphatic heterocycles. The predicted octanol–water partition coefficient (Wildman–Crippen LogP) is 2.29. The van der Waals surface area contributed by atoms with Gasteiger partial charge in [-0.15, -0.1) is 12.4 Å². The van der Waals surface area contributed by atoms with Crippen molar-refractivity contribution in [3.05, 3.63) is 35.9 Å². The van der Waals surface area contributed by atoms with Crippen LogP contribution in [-0.4, -0.2) is 23.4 Å². The minimum atomic E-state index is -0.917. The summed E-state index contributed by atoms with van der Waals surface area (Å²) in [6.07, 6.45) is 2.16. The number of carbonyl (C=O) groups is 1. The number of nitrogens with zero attached hydrogens (tertiary/aromatic N) is 1. The Labute approximate surface area is 115 Å². The van der Waals surface area contributed by atoms with Gasteiger partial charge in [-0.2, -0.15) is 0 Å². The van der Waals surface area contributed by atoms with Gasteiger partial charge in [0.05, 0.1) is 0 Å². The summed E-state index contributed by atoms with van der Waals surface area (Å²) in [5.41, 5.74) is 6.19. The van der Waals surface area contributed by atoms with Crippen molar-refractivity contribution in [2.75, 3.05) is 6.54 Å². The number of amides is 1. The molecule has 3 nitrogen and oxygen atoms in total. The number of halogens is 1. The maximum atomic E-state index is 12.5. The van der Waals surface area contributed by atoms with Crippen LogP contribution in [0.15, 0.2) is 30.3 Å². The summed E-state index contributed by atoms with van der Waals surface area (Å²) in [6, 6.07) is 9.91. The third kappa shape index (κ3) is 2.68. The van der Waals surface area contributed by atoms with E-state index < -0.39 is 5.54 Å². The zero-order chi connectivity index (χ0) is 12.5. The summed E-state index contributed by atoms with van der Waals surface area (Å²) in [7, 11) is 0. The Morgan fingerprint density at radius 3 is 2.50 bits per heavy atom. The van der Waals surface area contributed by atoms with Crippen LogP contribution >= 0.6 is 12.4 Å². The van der Waals surface area contributed by atoms with E-state index in [1.165, 1.54) is 0 Å². The molecule has 18 heavy (non-hydrogen) atoms. The lowest BCUT2D eigenvalue weighted by molar-refractivity contribution is -0.137. The van der Waals surface area contributed by atoms with Crippen molar-refractivity contribution < 1.29 is 4.79 Å². The van der Waals surface area contributed by atoms with Crippen LogP contribution in [0, 0.1) is 0 Å². The van der Waals surface area contributed by atoms with Gasteiger partial charge in [0.25, 0.3) is 0 Å². The molecule has 2 rings (SSSR count). The van der Waals surface area contributed by atoms with Crippen LogP contribution in [-0.2, 0) is 10.3 Å². The minimum absolute atomic E-state index is 0. The SMILES string of the molecule is CC1CCCN1C(=O)C(C)(N)c1ccccc1.Cl. The fraction of sp³-hybridized carbons (Fsp3) is 0.500. The average molecular weight is 269 g/mol. The van der Waals surface area contributed by atoms with E-state index in [0.717, 1.165) is 24.9 Å². The van der Waals surface area contributed by atoms with E-state index in [2.05, 4.69) is 6.92 Å². The smallest absolute Gasteiger partial charge is 0.247 e. The van der Waals surface area contributed by atoms with E-state index in [9.17, 15) is 4.79 Å². The number of hydrogen-bond acceptors (Lipinski definition) is 2. The summed E-state index contributed by atoms with van der Waals surface area (Å²) in [4.78, 5) is 14.4. The van der Waals surface area contributed by atoms with Gasteiger partial charge >= 0.3 is 0 Å². The van der Waals surface area contributed by atoms with Gasteiger partial charge in [0.1, 0.15) is 5.54 Å². The first-order valence-corrected chi connectivity index (χ1v) is 6.19. The highest BCUT2D eigenvalue weighted by atomic mass is 35.5. The standard InChI is InChI=1S/C14H20N2O.ClH/c1-11-7-6-10-16(11)13(17)14(2,15)12-8-4-3-5-9-12;/h3-5,8-9,11H,6-7,10,15H2,1-2H3;1H.